The summed E-state index contributed by atoms with van der Waals surface area (Å²) in [7, 11) is 0. The predicted octanol–water partition coefficient (Wildman–Crippen LogP) is 4.44. The Balaban J connectivity index is 1.91. The van der Waals surface area contributed by atoms with Gasteiger partial charge >= 0.3 is 0 Å². The van der Waals surface area contributed by atoms with Crippen LogP contribution in [0.3, 0.4) is 0 Å². The molecule has 2 aromatic rings. The highest BCUT2D eigenvalue weighted by Gasteiger charge is 2.11. The van der Waals surface area contributed by atoms with Crippen LogP contribution in [0.15, 0.2) is 49.6 Å². The Morgan fingerprint density at radius 2 is 2.00 bits per heavy atom. The predicted molar refractivity (Wildman–Crippen MR) is 91.7 cm³/mol. The highest BCUT2D eigenvalue weighted by atomic mass is 79.9. The molecular formula is C13H14Br2N2S2. The Labute approximate surface area is 138 Å². The fourth-order valence-electron chi connectivity index (χ4n) is 1.62. The maximum atomic E-state index is 5.65. The molecule has 0 saturated carbocycles. The number of thioether (sulfide) groups is 1. The van der Waals surface area contributed by atoms with E-state index < -0.39 is 0 Å². The average Bonchev–Trinajstić information content (AvgIpc) is 2.81. The van der Waals surface area contributed by atoms with Crippen LogP contribution in [0.2, 0.25) is 0 Å². The van der Waals surface area contributed by atoms with E-state index in [0.717, 1.165) is 20.4 Å². The van der Waals surface area contributed by atoms with Gasteiger partial charge in [-0.1, -0.05) is 12.1 Å². The average molecular weight is 422 g/mol. The Hall–Kier alpha value is 0.150. The minimum Gasteiger partial charge on any atom is -0.271 e. The largest absolute Gasteiger partial charge is 0.271 e. The lowest BCUT2D eigenvalue weighted by Crippen LogP contribution is -2.38. The van der Waals surface area contributed by atoms with Crippen LogP contribution >= 0.6 is 55.0 Å². The maximum Gasteiger partial charge on any atom is 0.0701 e. The van der Waals surface area contributed by atoms with Gasteiger partial charge in [-0.25, -0.2) is 0 Å². The van der Waals surface area contributed by atoms with Crippen LogP contribution in [0, 0.1) is 0 Å². The van der Waals surface area contributed by atoms with Gasteiger partial charge in [0.2, 0.25) is 0 Å². The van der Waals surface area contributed by atoms with Gasteiger partial charge in [0.05, 0.1) is 3.79 Å². The second-order valence-electron chi connectivity index (χ2n) is 4.01. The van der Waals surface area contributed by atoms with E-state index in [9.17, 15) is 0 Å². The number of thiophene rings is 1. The highest BCUT2D eigenvalue weighted by molar-refractivity contribution is 9.11. The van der Waals surface area contributed by atoms with Crippen LogP contribution < -0.4 is 11.3 Å². The maximum absolute atomic E-state index is 5.65. The number of hydrazine groups is 1. The number of nitrogens with one attached hydrogen (secondary N) is 1. The van der Waals surface area contributed by atoms with E-state index in [1.807, 2.05) is 23.9 Å². The molecule has 2 nitrogen and oxygen atoms in total. The van der Waals surface area contributed by atoms with E-state index in [1.165, 1.54) is 9.77 Å². The molecule has 0 aliphatic carbocycles. The summed E-state index contributed by atoms with van der Waals surface area (Å²) < 4.78 is 2.30. The lowest BCUT2D eigenvalue weighted by atomic mass is 10.2. The molecule has 0 aliphatic rings. The summed E-state index contributed by atoms with van der Waals surface area (Å²) in [5, 5.41) is 0. The molecular weight excluding hydrogens is 408 g/mol. The highest BCUT2D eigenvalue weighted by Crippen LogP contribution is 2.29. The van der Waals surface area contributed by atoms with E-state index in [1.54, 1.807) is 11.3 Å². The van der Waals surface area contributed by atoms with Crippen molar-refractivity contribution in [1.82, 2.24) is 5.43 Å². The van der Waals surface area contributed by atoms with Crippen LogP contribution in [0.25, 0.3) is 0 Å². The van der Waals surface area contributed by atoms with Crippen LogP contribution in [0.1, 0.15) is 4.88 Å². The molecule has 1 atom stereocenters. The van der Waals surface area contributed by atoms with Gasteiger partial charge in [0, 0.05) is 26.0 Å². The van der Waals surface area contributed by atoms with Gasteiger partial charge in [0.25, 0.3) is 0 Å². The molecule has 0 bridgehead atoms. The zero-order chi connectivity index (χ0) is 13.7. The van der Waals surface area contributed by atoms with Crippen LogP contribution in [-0.2, 0) is 6.42 Å². The number of benzene rings is 1. The van der Waals surface area contributed by atoms with Crippen molar-refractivity contribution in [2.24, 2.45) is 5.84 Å². The molecule has 0 spiro atoms. The lowest BCUT2D eigenvalue weighted by molar-refractivity contribution is 0.579. The summed E-state index contributed by atoms with van der Waals surface area (Å²) in [6.07, 6.45) is 0.949. The molecule has 1 aromatic carbocycles. The van der Waals surface area contributed by atoms with Crippen LogP contribution in [0.4, 0.5) is 0 Å². The quantitative estimate of drug-likeness (QED) is 0.411. The van der Waals surface area contributed by atoms with Crippen molar-refractivity contribution < 1.29 is 0 Å². The third kappa shape index (κ3) is 4.88. The van der Waals surface area contributed by atoms with E-state index in [-0.39, 0.29) is 6.04 Å². The molecule has 0 aliphatic heterocycles. The molecule has 6 heteroatoms. The minimum absolute atomic E-state index is 0.266. The number of hydrogen-bond donors (Lipinski definition) is 2. The first-order chi connectivity index (χ1) is 9.19. The summed E-state index contributed by atoms with van der Waals surface area (Å²) in [4.78, 5) is 2.58. The smallest absolute Gasteiger partial charge is 0.0701 e. The third-order valence-corrected chi connectivity index (χ3v) is 6.42. The molecule has 0 amide bonds. The van der Waals surface area contributed by atoms with Crippen molar-refractivity contribution in [2.45, 2.75) is 17.4 Å². The summed E-state index contributed by atoms with van der Waals surface area (Å²) in [5.41, 5.74) is 2.90. The first-order valence-electron chi connectivity index (χ1n) is 5.76. The SMILES string of the molecule is NNC(CSc1ccccc1Br)Cc1ccc(Br)s1. The normalized spacial score (nSPS) is 12.6. The van der Waals surface area contributed by atoms with Gasteiger partial charge in [0.1, 0.15) is 0 Å². The monoisotopic (exact) mass is 420 g/mol. The van der Waals surface area contributed by atoms with Crippen molar-refractivity contribution in [3.8, 4) is 0 Å². The van der Waals surface area contributed by atoms with Crippen molar-refractivity contribution in [3.05, 3.63) is 49.5 Å². The van der Waals surface area contributed by atoms with Gasteiger partial charge in [-0.15, -0.1) is 23.1 Å². The standard InChI is InChI=1S/C13H14Br2N2S2/c14-11-3-1-2-4-12(11)18-8-9(17-16)7-10-5-6-13(15)19-10/h1-6,9,17H,7-8,16H2. The van der Waals surface area contributed by atoms with Crippen molar-refractivity contribution in [1.29, 1.82) is 0 Å². The first-order valence-corrected chi connectivity index (χ1v) is 9.15. The van der Waals surface area contributed by atoms with Gasteiger partial charge in [-0.05, 0) is 62.5 Å². The Morgan fingerprint density at radius 3 is 2.63 bits per heavy atom. The summed E-state index contributed by atoms with van der Waals surface area (Å²) >= 11 is 10.6. The number of halogens is 2. The van der Waals surface area contributed by atoms with E-state index in [4.69, 9.17) is 5.84 Å². The lowest BCUT2D eigenvalue weighted by Gasteiger charge is -2.15. The molecule has 1 aromatic heterocycles. The molecule has 0 saturated heterocycles. The fraction of sp³-hybridized carbons (Fsp3) is 0.231. The van der Waals surface area contributed by atoms with Crippen LogP contribution in [-0.4, -0.2) is 11.8 Å². The second kappa shape index (κ2) is 7.81. The number of nitrogens with two attached hydrogens (primary N) is 1. The second-order valence-corrected chi connectivity index (χ2v) is 8.48. The fourth-order valence-corrected chi connectivity index (χ4v) is 4.79. The van der Waals surface area contributed by atoms with E-state index in [2.05, 4.69) is 61.6 Å². The van der Waals surface area contributed by atoms with Gasteiger partial charge in [-0.3, -0.25) is 11.3 Å². The van der Waals surface area contributed by atoms with Crippen molar-refractivity contribution in [3.63, 3.8) is 0 Å². The van der Waals surface area contributed by atoms with Gasteiger partial charge in [0.15, 0.2) is 0 Å². The first kappa shape index (κ1) is 15.5. The summed E-state index contributed by atoms with van der Waals surface area (Å²) in [6, 6.07) is 12.7. The summed E-state index contributed by atoms with van der Waals surface area (Å²) in [6.45, 7) is 0. The van der Waals surface area contributed by atoms with Crippen LogP contribution in [0.5, 0.6) is 0 Å². The molecule has 3 N–H and O–H groups in total. The number of rotatable bonds is 6. The molecule has 1 unspecified atom stereocenters. The zero-order valence-corrected chi connectivity index (χ0v) is 14.9. The van der Waals surface area contributed by atoms with Gasteiger partial charge < -0.3 is 0 Å². The Bertz CT molecular complexity index is 531. The molecule has 19 heavy (non-hydrogen) atoms. The molecule has 0 radical (unpaired) electrons. The third-order valence-electron chi connectivity index (χ3n) is 2.59. The minimum atomic E-state index is 0.266. The van der Waals surface area contributed by atoms with E-state index >= 15 is 0 Å². The summed E-state index contributed by atoms with van der Waals surface area (Å²) in [5.74, 6) is 6.59. The molecule has 102 valence electrons. The molecule has 2 rings (SSSR count). The van der Waals surface area contributed by atoms with Crippen molar-refractivity contribution >= 4 is 55.0 Å². The molecule has 0 fully saturated rings. The zero-order valence-electron chi connectivity index (χ0n) is 10.1. The number of hydrogen-bond acceptors (Lipinski definition) is 4. The molecule has 1 heterocycles. The topological polar surface area (TPSA) is 38.0 Å². The van der Waals surface area contributed by atoms with Gasteiger partial charge in [-0.2, -0.15) is 0 Å². The Morgan fingerprint density at radius 1 is 1.21 bits per heavy atom. The van der Waals surface area contributed by atoms with E-state index in [0.29, 0.717) is 0 Å². The van der Waals surface area contributed by atoms with Crippen molar-refractivity contribution in [2.75, 3.05) is 5.75 Å². The Kier molecular flexibility index (Phi) is 6.38.